The van der Waals surface area contributed by atoms with E-state index in [1.165, 1.54) is 0 Å². The highest BCUT2D eigenvalue weighted by molar-refractivity contribution is 6.31. The summed E-state index contributed by atoms with van der Waals surface area (Å²) in [6.45, 7) is 1.59. The average molecular weight is 231 g/mol. The number of rotatable bonds is 2. The molecule has 1 aliphatic carbocycles. The molecule has 0 aliphatic heterocycles. The SMILES string of the molecule is CC(=O)[C@H]1C[C@@H]1c1cc(Cl)nnc1Cl. The molecule has 0 amide bonds. The van der Waals surface area contributed by atoms with Gasteiger partial charge in [-0.1, -0.05) is 23.2 Å². The zero-order valence-electron chi connectivity index (χ0n) is 7.50. The molecule has 2 rings (SSSR count). The first-order valence-electron chi connectivity index (χ1n) is 4.28. The van der Waals surface area contributed by atoms with Crippen molar-refractivity contribution in [1.29, 1.82) is 0 Å². The first-order valence-corrected chi connectivity index (χ1v) is 5.04. The molecule has 0 radical (unpaired) electrons. The van der Waals surface area contributed by atoms with E-state index in [1.54, 1.807) is 13.0 Å². The van der Waals surface area contributed by atoms with E-state index < -0.39 is 0 Å². The average Bonchev–Trinajstić information content (AvgIpc) is 2.88. The summed E-state index contributed by atoms with van der Waals surface area (Å²) in [6.07, 6.45) is 0.844. The molecule has 1 aromatic rings. The molecule has 2 atom stereocenters. The Labute approximate surface area is 91.4 Å². The van der Waals surface area contributed by atoms with Gasteiger partial charge in [-0.15, -0.1) is 10.2 Å². The van der Waals surface area contributed by atoms with Crippen LogP contribution < -0.4 is 0 Å². The number of nitrogens with zero attached hydrogens (tertiary/aromatic N) is 2. The Bertz CT molecular complexity index is 394. The molecule has 74 valence electrons. The van der Waals surface area contributed by atoms with E-state index in [9.17, 15) is 4.79 Å². The van der Waals surface area contributed by atoms with E-state index in [0.717, 1.165) is 12.0 Å². The van der Waals surface area contributed by atoms with Gasteiger partial charge in [0.1, 0.15) is 5.78 Å². The van der Waals surface area contributed by atoms with Crippen molar-refractivity contribution in [3.05, 3.63) is 21.9 Å². The Balaban J connectivity index is 2.26. The fraction of sp³-hybridized carbons (Fsp3) is 0.444. The number of hydrogen-bond acceptors (Lipinski definition) is 3. The maximum atomic E-state index is 11.1. The number of halogens is 2. The van der Waals surface area contributed by atoms with Gasteiger partial charge < -0.3 is 0 Å². The summed E-state index contributed by atoms with van der Waals surface area (Å²) in [5.41, 5.74) is 0.840. The molecule has 1 heterocycles. The topological polar surface area (TPSA) is 42.9 Å². The van der Waals surface area contributed by atoms with Gasteiger partial charge in [0.25, 0.3) is 0 Å². The third-order valence-electron chi connectivity index (χ3n) is 2.46. The lowest BCUT2D eigenvalue weighted by Crippen LogP contribution is -1.97. The van der Waals surface area contributed by atoms with Crippen molar-refractivity contribution in [1.82, 2.24) is 10.2 Å². The quantitative estimate of drug-likeness (QED) is 0.785. The number of carbonyl (C=O) groups excluding carboxylic acids is 1. The van der Waals surface area contributed by atoms with Crippen LogP contribution in [0.15, 0.2) is 6.07 Å². The van der Waals surface area contributed by atoms with Gasteiger partial charge >= 0.3 is 0 Å². The van der Waals surface area contributed by atoms with Crippen LogP contribution in [-0.2, 0) is 4.79 Å². The summed E-state index contributed by atoms with van der Waals surface area (Å²) >= 11 is 11.6. The molecule has 0 unspecified atom stereocenters. The van der Waals surface area contributed by atoms with Crippen LogP contribution in [0.1, 0.15) is 24.8 Å². The van der Waals surface area contributed by atoms with Crippen molar-refractivity contribution in [3.63, 3.8) is 0 Å². The molecule has 1 aliphatic rings. The fourth-order valence-corrected chi connectivity index (χ4v) is 2.00. The number of hydrogen-bond donors (Lipinski definition) is 0. The van der Waals surface area contributed by atoms with Gasteiger partial charge in [-0.05, 0) is 30.9 Å². The molecule has 14 heavy (non-hydrogen) atoms. The van der Waals surface area contributed by atoms with Crippen molar-refractivity contribution in [2.75, 3.05) is 0 Å². The highest BCUT2D eigenvalue weighted by atomic mass is 35.5. The van der Waals surface area contributed by atoms with Gasteiger partial charge in [0.2, 0.25) is 0 Å². The smallest absolute Gasteiger partial charge is 0.155 e. The van der Waals surface area contributed by atoms with Crippen molar-refractivity contribution >= 4 is 29.0 Å². The molecule has 1 fully saturated rings. The second kappa shape index (κ2) is 3.48. The standard InChI is InChI=1S/C9H8Cl2N2O/c1-4(14)5-2-6(5)7-3-8(10)12-13-9(7)11/h3,5-6H,2H2,1H3/t5-,6+/m1/s1. The molecular formula is C9H8Cl2N2O. The van der Waals surface area contributed by atoms with Crippen LogP contribution in [0.4, 0.5) is 0 Å². The first-order chi connectivity index (χ1) is 6.59. The van der Waals surface area contributed by atoms with E-state index >= 15 is 0 Å². The normalized spacial score (nSPS) is 24.8. The predicted molar refractivity (Wildman–Crippen MR) is 53.6 cm³/mol. The maximum absolute atomic E-state index is 11.1. The molecule has 0 aromatic carbocycles. The molecule has 1 saturated carbocycles. The van der Waals surface area contributed by atoms with Crippen LogP contribution in [0.2, 0.25) is 10.3 Å². The Morgan fingerprint density at radius 2 is 2.21 bits per heavy atom. The summed E-state index contributed by atoms with van der Waals surface area (Å²) in [6, 6.07) is 1.69. The number of ketones is 1. The fourth-order valence-electron chi connectivity index (χ4n) is 1.61. The Hall–Kier alpha value is -0.670. The van der Waals surface area contributed by atoms with Crippen LogP contribution in [0.3, 0.4) is 0 Å². The summed E-state index contributed by atoms with van der Waals surface area (Å²) in [5.74, 6) is 0.472. The summed E-state index contributed by atoms with van der Waals surface area (Å²) < 4.78 is 0. The summed E-state index contributed by atoms with van der Waals surface area (Å²) in [5, 5.41) is 7.99. The van der Waals surface area contributed by atoms with Gasteiger partial charge in [0.05, 0.1) is 0 Å². The Morgan fingerprint density at radius 1 is 1.50 bits per heavy atom. The minimum Gasteiger partial charge on any atom is -0.300 e. The molecule has 3 nitrogen and oxygen atoms in total. The number of Topliss-reactive ketones (excluding diaryl/α,β-unsaturated/α-hetero) is 1. The maximum Gasteiger partial charge on any atom is 0.155 e. The van der Waals surface area contributed by atoms with Crippen LogP contribution >= 0.6 is 23.2 Å². The summed E-state index contributed by atoms with van der Waals surface area (Å²) in [7, 11) is 0. The van der Waals surface area contributed by atoms with Crippen molar-refractivity contribution < 1.29 is 4.79 Å². The number of aromatic nitrogens is 2. The molecule has 0 spiro atoms. The minimum absolute atomic E-state index is 0.0905. The van der Waals surface area contributed by atoms with Crippen LogP contribution in [0, 0.1) is 5.92 Å². The zero-order valence-corrected chi connectivity index (χ0v) is 9.01. The van der Waals surface area contributed by atoms with E-state index in [2.05, 4.69) is 10.2 Å². The molecule has 0 N–H and O–H groups in total. The lowest BCUT2D eigenvalue weighted by atomic mass is 10.1. The van der Waals surface area contributed by atoms with E-state index in [4.69, 9.17) is 23.2 Å². The molecule has 5 heteroatoms. The first kappa shape index (κ1) is 9.87. The van der Waals surface area contributed by atoms with E-state index in [0.29, 0.717) is 10.3 Å². The largest absolute Gasteiger partial charge is 0.300 e. The van der Waals surface area contributed by atoms with Crippen LogP contribution in [0.5, 0.6) is 0 Å². The van der Waals surface area contributed by atoms with Gasteiger partial charge in [0, 0.05) is 5.92 Å². The number of carbonyl (C=O) groups is 1. The minimum atomic E-state index is 0.0905. The second-order valence-electron chi connectivity index (χ2n) is 3.47. The van der Waals surface area contributed by atoms with Gasteiger partial charge in [-0.3, -0.25) is 4.79 Å². The van der Waals surface area contributed by atoms with Crippen LogP contribution in [0.25, 0.3) is 0 Å². The van der Waals surface area contributed by atoms with Gasteiger partial charge in [-0.2, -0.15) is 0 Å². The molecule has 0 saturated heterocycles. The lowest BCUT2D eigenvalue weighted by Gasteiger charge is -2.00. The summed E-state index contributed by atoms with van der Waals surface area (Å²) in [4.78, 5) is 11.1. The highest BCUT2D eigenvalue weighted by Gasteiger charge is 2.43. The van der Waals surface area contributed by atoms with Gasteiger partial charge in [0.15, 0.2) is 10.3 Å². The van der Waals surface area contributed by atoms with Crippen molar-refractivity contribution in [3.8, 4) is 0 Å². The third kappa shape index (κ3) is 1.74. The second-order valence-corrected chi connectivity index (χ2v) is 4.22. The lowest BCUT2D eigenvalue weighted by molar-refractivity contribution is -0.118. The van der Waals surface area contributed by atoms with Crippen molar-refractivity contribution in [2.45, 2.75) is 19.3 Å². The monoisotopic (exact) mass is 230 g/mol. The molecule has 0 bridgehead atoms. The molecule has 1 aromatic heterocycles. The Morgan fingerprint density at radius 3 is 2.79 bits per heavy atom. The van der Waals surface area contributed by atoms with Crippen molar-refractivity contribution in [2.24, 2.45) is 5.92 Å². The highest BCUT2D eigenvalue weighted by Crippen LogP contribution is 2.49. The van der Waals surface area contributed by atoms with Gasteiger partial charge in [-0.25, -0.2) is 0 Å². The third-order valence-corrected chi connectivity index (χ3v) is 2.94. The Kier molecular flexibility index (Phi) is 2.45. The van der Waals surface area contributed by atoms with E-state index in [-0.39, 0.29) is 17.6 Å². The molecular weight excluding hydrogens is 223 g/mol. The zero-order chi connectivity index (χ0) is 10.3. The van der Waals surface area contributed by atoms with Crippen LogP contribution in [-0.4, -0.2) is 16.0 Å². The van der Waals surface area contributed by atoms with E-state index in [1.807, 2.05) is 0 Å². The predicted octanol–water partition coefficient (Wildman–Crippen LogP) is 2.48.